The molecule has 6 nitrogen and oxygen atoms in total. The normalized spacial score (nSPS) is 10.8. The van der Waals surface area contributed by atoms with Gasteiger partial charge >= 0.3 is 5.97 Å². The molecule has 0 fully saturated rings. The first-order valence-corrected chi connectivity index (χ1v) is 9.56. The fourth-order valence-corrected chi connectivity index (χ4v) is 2.79. The molecule has 7 heteroatoms. The third-order valence-corrected chi connectivity index (χ3v) is 4.49. The molecule has 154 valence electrons. The van der Waals surface area contributed by atoms with Gasteiger partial charge in [-0.3, -0.25) is 4.79 Å². The third kappa shape index (κ3) is 6.20. The lowest BCUT2D eigenvalue weighted by Crippen LogP contribution is -2.13. The van der Waals surface area contributed by atoms with Crippen LogP contribution in [0.5, 0.6) is 5.75 Å². The number of benzene rings is 3. The van der Waals surface area contributed by atoms with Crippen molar-refractivity contribution in [1.29, 1.82) is 5.26 Å². The van der Waals surface area contributed by atoms with E-state index in [2.05, 4.69) is 5.32 Å². The Balaban J connectivity index is 1.64. The second-order valence-electron chi connectivity index (χ2n) is 6.49. The van der Waals surface area contributed by atoms with Gasteiger partial charge in [0.1, 0.15) is 24.0 Å². The Morgan fingerprint density at radius 3 is 2.42 bits per heavy atom. The highest BCUT2D eigenvalue weighted by atomic mass is 35.5. The number of carboxylic acids is 1. The minimum atomic E-state index is -0.994. The molecule has 3 aromatic carbocycles. The average molecular weight is 433 g/mol. The average Bonchev–Trinajstić information content (AvgIpc) is 2.78. The van der Waals surface area contributed by atoms with Gasteiger partial charge in [0.25, 0.3) is 5.91 Å². The highest BCUT2D eigenvalue weighted by Gasteiger charge is 2.10. The molecule has 0 aromatic heterocycles. The molecular weight excluding hydrogens is 416 g/mol. The predicted molar refractivity (Wildman–Crippen MR) is 118 cm³/mol. The van der Waals surface area contributed by atoms with E-state index in [-0.39, 0.29) is 17.7 Å². The van der Waals surface area contributed by atoms with Crippen LogP contribution in [0.15, 0.2) is 78.4 Å². The maximum absolute atomic E-state index is 12.3. The number of carbonyl (C=O) groups excluding carboxylic acids is 1. The van der Waals surface area contributed by atoms with Gasteiger partial charge in [0.15, 0.2) is 0 Å². The van der Waals surface area contributed by atoms with E-state index >= 15 is 0 Å². The van der Waals surface area contributed by atoms with Crippen LogP contribution in [0.25, 0.3) is 6.08 Å². The van der Waals surface area contributed by atoms with Crippen LogP contribution in [0, 0.1) is 11.3 Å². The SMILES string of the molecule is N#C/C(=C\c1ccc(OCc2cccc(C(=O)O)c2)cc1)C(=O)Nc1ccc(Cl)cc1. The number of halogens is 1. The van der Waals surface area contributed by atoms with Crippen LogP contribution >= 0.6 is 11.6 Å². The molecule has 0 unspecified atom stereocenters. The van der Waals surface area contributed by atoms with Crippen LogP contribution in [0.3, 0.4) is 0 Å². The Hall–Kier alpha value is -4.08. The molecule has 3 rings (SSSR count). The molecule has 0 heterocycles. The van der Waals surface area contributed by atoms with E-state index in [1.54, 1.807) is 66.7 Å². The molecule has 0 atom stereocenters. The summed E-state index contributed by atoms with van der Waals surface area (Å²) in [5.74, 6) is -0.947. The maximum Gasteiger partial charge on any atom is 0.335 e. The van der Waals surface area contributed by atoms with Crippen molar-refractivity contribution < 1.29 is 19.4 Å². The van der Waals surface area contributed by atoms with Crippen LogP contribution < -0.4 is 10.1 Å². The van der Waals surface area contributed by atoms with Crippen molar-refractivity contribution in [2.24, 2.45) is 0 Å². The zero-order chi connectivity index (χ0) is 22.2. The number of nitrogens with one attached hydrogen (secondary N) is 1. The van der Waals surface area contributed by atoms with Crippen LogP contribution in [0.4, 0.5) is 5.69 Å². The highest BCUT2D eigenvalue weighted by Crippen LogP contribution is 2.18. The minimum absolute atomic E-state index is 0.0471. The monoisotopic (exact) mass is 432 g/mol. The van der Waals surface area contributed by atoms with Gasteiger partial charge in [-0.05, 0) is 65.7 Å². The Kier molecular flexibility index (Phi) is 7.05. The molecule has 0 saturated carbocycles. The number of carboxylic acid groups (broad SMARTS) is 1. The number of nitrogens with zero attached hydrogens (tertiary/aromatic N) is 1. The van der Waals surface area contributed by atoms with Crippen LogP contribution in [-0.2, 0) is 11.4 Å². The number of carbonyl (C=O) groups is 2. The quantitative estimate of drug-likeness (QED) is 0.396. The maximum atomic E-state index is 12.3. The van der Waals surface area contributed by atoms with Gasteiger partial charge in [-0.1, -0.05) is 35.9 Å². The van der Waals surface area contributed by atoms with Crippen molar-refractivity contribution in [3.05, 3.63) is 100 Å². The Morgan fingerprint density at radius 2 is 1.77 bits per heavy atom. The van der Waals surface area contributed by atoms with Crippen molar-refractivity contribution in [3.8, 4) is 11.8 Å². The first kappa shape index (κ1) is 21.6. The van der Waals surface area contributed by atoms with Gasteiger partial charge in [-0.15, -0.1) is 0 Å². The van der Waals surface area contributed by atoms with E-state index in [1.807, 2.05) is 6.07 Å². The molecule has 0 radical (unpaired) electrons. The van der Waals surface area contributed by atoms with E-state index < -0.39 is 11.9 Å². The number of rotatable bonds is 7. The highest BCUT2D eigenvalue weighted by molar-refractivity contribution is 6.30. The number of hydrogen-bond acceptors (Lipinski definition) is 4. The zero-order valence-corrected chi connectivity index (χ0v) is 17.0. The largest absolute Gasteiger partial charge is 0.489 e. The fraction of sp³-hybridized carbons (Fsp3) is 0.0417. The minimum Gasteiger partial charge on any atom is -0.489 e. The summed E-state index contributed by atoms with van der Waals surface area (Å²) in [5.41, 5.74) is 2.07. The molecule has 0 spiro atoms. The Morgan fingerprint density at radius 1 is 1.06 bits per heavy atom. The van der Waals surface area contributed by atoms with E-state index in [0.29, 0.717) is 22.0 Å². The van der Waals surface area contributed by atoms with Gasteiger partial charge in [0, 0.05) is 10.7 Å². The number of anilines is 1. The smallest absolute Gasteiger partial charge is 0.335 e. The van der Waals surface area contributed by atoms with E-state index in [1.165, 1.54) is 12.1 Å². The second kappa shape index (κ2) is 10.1. The second-order valence-corrected chi connectivity index (χ2v) is 6.93. The summed E-state index contributed by atoms with van der Waals surface area (Å²) in [5, 5.41) is 21.6. The lowest BCUT2D eigenvalue weighted by molar-refractivity contribution is -0.112. The zero-order valence-electron chi connectivity index (χ0n) is 16.2. The molecule has 3 aromatic rings. The van der Waals surface area contributed by atoms with Gasteiger partial charge in [-0.2, -0.15) is 5.26 Å². The van der Waals surface area contributed by atoms with E-state index in [4.69, 9.17) is 21.4 Å². The number of ether oxygens (including phenoxy) is 1. The summed E-state index contributed by atoms with van der Waals surface area (Å²) >= 11 is 5.82. The molecular formula is C24H17ClN2O4. The molecule has 2 N–H and O–H groups in total. The lowest BCUT2D eigenvalue weighted by atomic mass is 10.1. The standard InChI is InChI=1S/C24H17ClN2O4/c25-20-6-8-21(9-7-20)27-23(28)19(14-26)12-16-4-10-22(11-5-16)31-15-17-2-1-3-18(13-17)24(29)30/h1-13H,15H2,(H,27,28)(H,29,30)/b19-12+. The third-order valence-electron chi connectivity index (χ3n) is 4.24. The summed E-state index contributed by atoms with van der Waals surface area (Å²) in [6.07, 6.45) is 1.48. The van der Waals surface area contributed by atoms with Crippen LogP contribution in [0.1, 0.15) is 21.5 Å². The number of amides is 1. The summed E-state index contributed by atoms with van der Waals surface area (Å²) < 4.78 is 5.68. The Labute approximate surface area is 184 Å². The van der Waals surface area contributed by atoms with Crippen molar-refractivity contribution in [2.75, 3.05) is 5.32 Å². The van der Waals surface area contributed by atoms with E-state index in [0.717, 1.165) is 5.56 Å². The van der Waals surface area contributed by atoms with Gasteiger partial charge in [0.05, 0.1) is 5.56 Å². The van der Waals surface area contributed by atoms with Gasteiger partial charge in [0.2, 0.25) is 0 Å². The topological polar surface area (TPSA) is 99.4 Å². The van der Waals surface area contributed by atoms with Gasteiger partial charge < -0.3 is 15.2 Å². The summed E-state index contributed by atoms with van der Waals surface area (Å²) in [4.78, 5) is 23.4. The molecule has 0 aliphatic carbocycles. The lowest BCUT2D eigenvalue weighted by Gasteiger charge is -2.08. The Bertz CT molecular complexity index is 1160. The van der Waals surface area contributed by atoms with Gasteiger partial charge in [-0.25, -0.2) is 4.79 Å². The van der Waals surface area contributed by atoms with Crippen LogP contribution in [0.2, 0.25) is 5.02 Å². The molecule has 0 saturated heterocycles. The molecule has 1 amide bonds. The summed E-state index contributed by atoms with van der Waals surface area (Å²) in [6.45, 7) is 0.212. The molecule has 0 aliphatic rings. The summed E-state index contributed by atoms with van der Waals surface area (Å²) in [7, 11) is 0. The number of nitriles is 1. The molecule has 31 heavy (non-hydrogen) atoms. The molecule has 0 aliphatic heterocycles. The number of hydrogen-bond donors (Lipinski definition) is 2. The van der Waals surface area contributed by atoms with E-state index in [9.17, 15) is 14.9 Å². The van der Waals surface area contributed by atoms with Crippen molar-refractivity contribution >= 4 is 35.2 Å². The first-order chi connectivity index (χ1) is 14.9. The fourth-order valence-electron chi connectivity index (χ4n) is 2.67. The van der Waals surface area contributed by atoms with Crippen molar-refractivity contribution in [1.82, 2.24) is 0 Å². The first-order valence-electron chi connectivity index (χ1n) is 9.18. The van der Waals surface area contributed by atoms with Crippen molar-refractivity contribution in [2.45, 2.75) is 6.61 Å². The number of aromatic carboxylic acids is 1. The van der Waals surface area contributed by atoms with Crippen LogP contribution in [-0.4, -0.2) is 17.0 Å². The molecule has 0 bridgehead atoms. The van der Waals surface area contributed by atoms with Crippen molar-refractivity contribution in [3.63, 3.8) is 0 Å². The summed E-state index contributed by atoms with van der Waals surface area (Å²) in [6, 6.07) is 21.8. The predicted octanol–water partition coefficient (Wildman–Crippen LogP) is 5.16.